The summed E-state index contributed by atoms with van der Waals surface area (Å²) in [5.74, 6) is 1.47. The van der Waals surface area contributed by atoms with Gasteiger partial charge in [-0.25, -0.2) is 9.97 Å². The molecule has 4 fully saturated rings. The van der Waals surface area contributed by atoms with Gasteiger partial charge in [-0.2, -0.15) is 19.9 Å². The van der Waals surface area contributed by atoms with Gasteiger partial charge in [-0.05, 0) is 87.4 Å². The van der Waals surface area contributed by atoms with Gasteiger partial charge in [0.05, 0.1) is 12.7 Å². The minimum absolute atomic E-state index is 0.00786. The molecule has 2 saturated carbocycles. The molecule has 14 heteroatoms. The van der Waals surface area contributed by atoms with Gasteiger partial charge in [0, 0.05) is 25.3 Å². The van der Waals surface area contributed by atoms with Crippen LogP contribution in [0.5, 0.6) is 0 Å². The third-order valence-corrected chi connectivity index (χ3v) is 7.89. The number of imidazole rings is 2. The molecule has 2 aliphatic carbocycles. The van der Waals surface area contributed by atoms with Crippen LogP contribution in [-0.2, 0) is 9.47 Å². The van der Waals surface area contributed by atoms with Gasteiger partial charge in [-0.1, -0.05) is 0 Å². The summed E-state index contributed by atoms with van der Waals surface area (Å²) < 4.78 is 15.6. The SMILES string of the molecule is Clc1nc(NC2CC2)c2ncn([C@@H]3CCCCO3)c2n1.Clc1nc(NC2CC2)c2ncn([C@@H]3CCCCO3)c2n1. The summed E-state index contributed by atoms with van der Waals surface area (Å²) in [6.07, 6.45) is 14.8. The number of fused-ring (bicyclic) bond motifs is 2. The Kier molecular flexibility index (Phi) is 7.33. The van der Waals surface area contributed by atoms with Crippen molar-refractivity contribution in [3.63, 3.8) is 0 Å². The number of hydrogen-bond acceptors (Lipinski definition) is 10. The molecule has 4 aromatic heterocycles. The lowest BCUT2D eigenvalue weighted by molar-refractivity contribution is -0.0299. The summed E-state index contributed by atoms with van der Waals surface area (Å²) in [5.41, 5.74) is 3.05. The van der Waals surface area contributed by atoms with Crippen LogP contribution in [0.1, 0.15) is 76.7 Å². The maximum absolute atomic E-state index is 6.05. The average Bonchev–Trinajstić information content (AvgIpc) is 3.88. The summed E-state index contributed by atoms with van der Waals surface area (Å²) in [4.78, 5) is 26.1. The Labute approximate surface area is 241 Å². The first-order valence-corrected chi connectivity index (χ1v) is 14.9. The fourth-order valence-corrected chi connectivity index (χ4v) is 5.46. The zero-order chi connectivity index (χ0) is 27.1. The second kappa shape index (κ2) is 11.2. The van der Waals surface area contributed by atoms with Gasteiger partial charge in [-0.15, -0.1) is 0 Å². The van der Waals surface area contributed by atoms with E-state index in [0.29, 0.717) is 12.1 Å². The molecule has 4 aromatic rings. The molecule has 40 heavy (non-hydrogen) atoms. The van der Waals surface area contributed by atoms with E-state index in [-0.39, 0.29) is 23.0 Å². The molecular weight excluding hydrogens is 555 g/mol. The van der Waals surface area contributed by atoms with E-state index in [1.165, 1.54) is 25.7 Å². The second-order valence-corrected chi connectivity index (χ2v) is 11.5. The third-order valence-electron chi connectivity index (χ3n) is 7.56. The van der Waals surface area contributed by atoms with Crippen molar-refractivity contribution in [3.8, 4) is 0 Å². The van der Waals surface area contributed by atoms with Crippen LogP contribution in [0.25, 0.3) is 22.3 Å². The number of nitrogens with zero attached hydrogens (tertiary/aromatic N) is 8. The first-order valence-electron chi connectivity index (χ1n) is 14.2. The van der Waals surface area contributed by atoms with Crippen molar-refractivity contribution < 1.29 is 9.47 Å². The highest BCUT2D eigenvalue weighted by atomic mass is 35.5. The molecule has 12 nitrogen and oxygen atoms in total. The molecule has 2 aliphatic heterocycles. The topological polar surface area (TPSA) is 130 Å². The Morgan fingerprint density at radius 2 is 1.07 bits per heavy atom. The third kappa shape index (κ3) is 5.67. The molecule has 2 atom stereocenters. The Hall–Kier alpha value is -2.80. The Morgan fingerprint density at radius 1 is 0.625 bits per heavy atom. The van der Waals surface area contributed by atoms with Crippen molar-refractivity contribution in [2.24, 2.45) is 0 Å². The molecule has 8 rings (SSSR count). The molecule has 0 radical (unpaired) electrons. The smallest absolute Gasteiger partial charge is 0.226 e. The van der Waals surface area contributed by atoms with Crippen LogP contribution in [0.2, 0.25) is 10.6 Å². The number of hydrogen-bond donors (Lipinski definition) is 2. The van der Waals surface area contributed by atoms with Gasteiger partial charge in [0.2, 0.25) is 10.6 Å². The molecule has 4 aliphatic rings. The Bertz CT molecular complexity index is 1380. The van der Waals surface area contributed by atoms with Crippen LogP contribution >= 0.6 is 23.2 Å². The van der Waals surface area contributed by atoms with Crippen LogP contribution in [0.4, 0.5) is 11.6 Å². The van der Waals surface area contributed by atoms with Gasteiger partial charge in [0.15, 0.2) is 34.0 Å². The van der Waals surface area contributed by atoms with E-state index in [1.54, 1.807) is 12.7 Å². The minimum Gasteiger partial charge on any atom is -0.365 e. The van der Waals surface area contributed by atoms with E-state index < -0.39 is 0 Å². The maximum atomic E-state index is 6.05. The number of halogens is 2. The summed E-state index contributed by atoms with van der Waals surface area (Å²) in [6.45, 7) is 1.58. The van der Waals surface area contributed by atoms with Crippen LogP contribution in [0.15, 0.2) is 12.7 Å². The molecule has 0 unspecified atom stereocenters. The lowest BCUT2D eigenvalue weighted by Gasteiger charge is -2.23. The number of ether oxygens (including phenoxy) is 2. The van der Waals surface area contributed by atoms with E-state index >= 15 is 0 Å². The molecular formula is C26H32Cl2N10O2. The zero-order valence-corrected chi connectivity index (χ0v) is 23.6. The fourth-order valence-electron chi connectivity index (χ4n) is 5.13. The Balaban J connectivity index is 0.000000132. The van der Waals surface area contributed by atoms with Crippen molar-refractivity contribution in [3.05, 3.63) is 23.2 Å². The van der Waals surface area contributed by atoms with Crippen LogP contribution in [0.3, 0.4) is 0 Å². The average molecular weight is 588 g/mol. The molecule has 212 valence electrons. The molecule has 0 amide bonds. The van der Waals surface area contributed by atoms with E-state index in [0.717, 1.165) is 85.7 Å². The van der Waals surface area contributed by atoms with Gasteiger partial charge < -0.3 is 20.1 Å². The van der Waals surface area contributed by atoms with E-state index in [1.807, 2.05) is 9.13 Å². The quantitative estimate of drug-likeness (QED) is 0.279. The van der Waals surface area contributed by atoms with Gasteiger partial charge in [-0.3, -0.25) is 9.13 Å². The number of rotatable bonds is 6. The molecule has 0 spiro atoms. The van der Waals surface area contributed by atoms with E-state index in [4.69, 9.17) is 32.7 Å². The first kappa shape index (κ1) is 26.1. The summed E-state index contributed by atoms with van der Waals surface area (Å²) in [6, 6.07) is 1.00. The van der Waals surface area contributed by atoms with Crippen molar-refractivity contribution in [2.45, 2.75) is 88.7 Å². The van der Waals surface area contributed by atoms with Crippen molar-refractivity contribution >= 4 is 57.2 Å². The standard InChI is InChI=1S/2C13H16ClN5O/c2*14-13-17-11(16-8-4-5-8)10-12(18-13)19(7-15-10)9-3-1-2-6-20-9/h2*7-9H,1-6H2,(H,16,17,18)/t2*9-/m00/s1. The number of nitrogens with one attached hydrogen (secondary N) is 2. The lowest BCUT2D eigenvalue weighted by Crippen LogP contribution is -2.17. The molecule has 0 bridgehead atoms. The largest absolute Gasteiger partial charge is 0.365 e. The summed E-state index contributed by atoms with van der Waals surface area (Å²) >= 11 is 12.1. The van der Waals surface area contributed by atoms with Crippen molar-refractivity contribution in [1.82, 2.24) is 39.0 Å². The minimum atomic E-state index is 0.00786. The summed E-state index contributed by atoms with van der Waals surface area (Å²) in [7, 11) is 0. The van der Waals surface area contributed by atoms with Crippen LogP contribution in [0, 0.1) is 0 Å². The fraction of sp³-hybridized carbons (Fsp3) is 0.615. The highest BCUT2D eigenvalue weighted by molar-refractivity contribution is 6.29. The van der Waals surface area contributed by atoms with E-state index in [9.17, 15) is 0 Å². The molecule has 2 N–H and O–H groups in total. The predicted molar refractivity (Wildman–Crippen MR) is 152 cm³/mol. The maximum Gasteiger partial charge on any atom is 0.226 e. The monoisotopic (exact) mass is 586 g/mol. The highest BCUT2D eigenvalue weighted by Gasteiger charge is 2.27. The van der Waals surface area contributed by atoms with Crippen molar-refractivity contribution in [2.75, 3.05) is 23.8 Å². The normalized spacial score (nSPS) is 23.1. The second-order valence-electron chi connectivity index (χ2n) is 10.8. The number of anilines is 2. The van der Waals surface area contributed by atoms with E-state index in [2.05, 4.69) is 40.5 Å². The first-order chi connectivity index (χ1) is 19.6. The molecule has 6 heterocycles. The lowest BCUT2D eigenvalue weighted by atomic mass is 10.2. The molecule has 2 saturated heterocycles. The van der Waals surface area contributed by atoms with Crippen LogP contribution < -0.4 is 10.6 Å². The van der Waals surface area contributed by atoms with Gasteiger partial charge in [0.1, 0.15) is 12.5 Å². The van der Waals surface area contributed by atoms with Crippen LogP contribution in [-0.4, -0.2) is 64.3 Å². The van der Waals surface area contributed by atoms with Crippen molar-refractivity contribution in [1.29, 1.82) is 0 Å². The summed E-state index contributed by atoms with van der Waals surface area (Å²) in [5, 5.41) is 7.22. The Morgan fingerprint density at radius 3 is 1.45 bits per heavy atom. The molecule has 0 aromatic carbocycles. The highest BCUT2D eigenvalue weighted by Crippen LogP contribution is 2.32. The zero-order valence-electron chi connectivity index (χ0n) is 22.1. The number of aromatic nitrogens is 8. The van der Waals surface area contributed by atoms with Gasteiger partial charge in [0.25, 0.3) is 0 Å². The predicted octanol–water partition coefficient (Wildman–Crippen LogP) is 5.51. The van der Waals surface area contributed by atoms with Gasteiger partial charge >= 0.3 is 0 Å².